The van der Waals surface area contributed by atoms with Crippen molar-refractivity contribution < 1.29 is 14.3 Å². The van der Waals surface area contributed by atoms with E-state index < -0.39 is 6.04 Å². The Bertz CT molecular complexity index is 557. The molecular formula is C13H15Cl2N3O3. The van der Waals surface area contributed by atoms with E-state index in [1.54, 1.807) is 0 Å². The van der Waals surface area contributed by atoms with Crippen LogP contribution in [0.2, 0.25) is 10.0 Å². The molecule has 0 spiro atoms. The Balaban J connectivity index is 2.31. The lowest BCUT2D eigenvalue weighted by Crippen LogP contribution is -2.55. The molecule has 1 aliphatic heterocycles. The van der Waals surface area contributed by atoms with E-state index in [2.05, 4.69) is 5.32 Å². The lowest BCUT2D eigenvalue weighted by molar-refractivity contribution is -0.130. The van der Waals surface area contributed by atoms with Gasteiger partial charge in [0, 0.05) is 19.2 Å². The predicted molar refractivity (Wildman–Crippen MR) is 80.6 cm³/mol. The van der Waals surface area contributed by atoms with Crippen LogP contribution in [-0.2, 0) is 9.53 Å². The zero-order chi connectivity index (χ0) is 15.6. The molecule has 0 radical (unpaired) electrons. The summed E-state index contributed by atoms with van der Waals surface area (Å²) in [5.41, 5.74) is 6.23. The molecule has 6 nitrogen and oxygen atoms in total. The normalized spacial score (nSPS) is 18.4. The highest BCUT2D eigenvalue weighted by Crippen LogP contribution is 2.30. The molecule has 8 heteroatoms. The largest absolute Gasteiger partial charge is 0.397 e. The third-order valence-electron chi connectivity index (χ3n) is 3.24. The van der Waals surface area contributed by atoms with Crippen LogP contribution in [0.4, 0.5) is 5.69 Å². The first-order chi connectivity index (χ1) is 9.95. The molecule has 1 unspecified atom stereocenters. The number of benzene rings is 1. The van der Waals surface area contributed by atoms with Crippen LogP contribution in [0.5, 0.6) is 0 Å². The number of amides is 2. The van der Waals surface area contributed by atoms with Crippen molar-refractivity contribution in [2.45, 2.75) is 6.04 Å². The fourth-order valence-electron chi connectivity index (χ4n) is 2.13. The molecule has 3 N–H and O–H groups in total. The number of halogens is 2. The summed E-state index contributed by atoms with van der Waals surface area (Å²) in [6, 6.07) is 2.22. The van der Waals surface area contributed by atoms with E-state index in [0.717, 1.165) is 0 Å². The first-order valence-electron chi connectivity index (χ1n) is 6.30. The minimum Gasteiger partial charge on any atom is -0.397 e. The smallest absolute Gasteiger partial charge is 0.254 e. The van der Waals surface area contributed by atoms with Gasteiger partial charge in [0.15, 0.2) is 0 Å². The summed E-state index contributed by atoms with van der Waals surface area (Å²) in [5, 5.41) is 2.92. The number of likely N-dealkylation sites (N-methyl/N-ethyl adjacent to an activating group) is 1. The Morgan fingerprint density at radius 1 is 1.43 bits per heavy atom. The van der Waals surface area contributed by atoms with Crippen LogP contribution < -0.4 is 11.1 Å². The van der Waals surface area contributed by atoms with Crippen LogP contribution in [0, 0.1) is 0 Å². The molecule has 0 aromatic heterocycles. The van der Waals surface area contributed by atoms with Crippen molar-refractivity contribution in [2.75, 3.05) is 32.5 Å². The van der Waals surface area contributed by atoms with Crippen molar-refractivity contribution in [3.8, 4) is 0 Å². The molecule has 114 valence electrons. The topological polar surface area (TPSA) is 84.7 Å². The summed E-state index contributed by atoms with van der Waals surface area (Å²) in [7, 11) is 1.51. The van der Waals surface area contributed by atoms with Crippen molar-refractivity contribution in [2.24, 2.45) is 0 Å². The van der Waals surface area contributed by atoms with Crippen LogP contribution in [0.1, 0.15) is 10.4 Å². The van der Waals surface area contributed by atoms with Gasteiger partial charge in [-0.05, 0) is 12.1 Å². The van der Waals surface area contributed by atoms with Crippen LogP contribution in [-0.4, -0.2) is 49.6 Å². The summed E-state index contributed by atoms with van der Waals surface area (Å²) in [5.74, 6) is -0.617. The quantitative estimate of drug-likeness (QED) is 0.796. The van der Waals surface area contributed by atoms with Crippen molar-refractivity contribution in [1.82, 2.24) is 10.2 Å². The molecule has 1 heterocycles. The molecule has 1 aromatic rings. The highest BCUT2D eigenvalue weighted by molar-refractivity contribution is 6.43. The Morgan fingerprint density at radius 2 is 2.14 bits per heavy atom. The van der Waals surface area contributed by atoms with E-state index >= 15 is 0 Å². The summed E-state index contributed by atoms with van der Waals surface area (Å²) >= 11 is 11.8. The number of hydrogen-bond donors (Lipinski definition) is 2. The second kappa shape index (κ2) is 6.51. The maximum absolute atomic E-state index is 12.6. The summed E-state index contributed by atoms with van der Waals surface area (Å²) in [4.78, 5) is 25.9. The third kappa shape index (κ3) is 3.23. The minimum atomic E-state index is -0.674. The number of rotatable bonds is 2. The van der Waals surface area contributed by atoms with E-state index in [-0.39, 0.29) is 39.7 Å². The monoisotopic (exact) mass is 331 g/mol. The minimum absolute atomic E-state index is 0.155. The Labute approximate surface area is 132 Å². The first kappa shape index (κ1) is 15.9. The number of nitrogens with zero attached hydrogens (tertiary/aromatic N) is 1. The zero-order valence-electron chi connectivity index (χ0n) is 11.4. The zero-order valence-corrected chi connectivity index (χ0v) is 12.9. The van der Waals surface area contributed by atoms with Crippen molar-refractivity contribution >= 4 is 40.7 Å². The number of nitrogens with one attached hydrogen (secondary N) is 1. The number of carbonyl (C=O) groups is 2. The van der Waals surface area contributed by atoms with Crippen LogP contribution in [0.25, 0.3) is 0 Å². The number of hydrogen-bond acceptors (Lipinski definition) is 4. The van der Waals surface area contributed by atoms with Crippen molar-refractivity contribution in [3.05, 3.63) is 27.7 Å². The maximum Gasteiger partial charge on any atom is 0.254 e. The molecule has 1 saturated heterocycles. The molecule has 21 heavy (non-hydrogen) atoms. The van der Waals surface area contributed by atoms with Gasteiger partial charge in [-0.25, -0.2) is 0 Å². The van der Waals surface area contributed by atoms with Crippen LogP contribution in [0.15, 0.2) is 12.1 Å². The van der Waals surface area contributed by atoms with Gasteiger partial charge in [-0.15, -0.1) is 0 Å². The van der Waals surface area contributed by atoms with Gasteiger partial charge in [0.2, 0.25) is 5.91 Å². The number of nitrogen functional groups attached to an aromatic ring is 1. The summed E-state index contributed by atoms with van der Waals surface area (Å²) in [6.07, 6.45) is 0. The predicted octanol–water partition coefficient (Wildman–Crippen LogP) is 1.16. The molecular weight excluding hydrogens is 317 g/mol. The molecule has 2 rings (SSSR count). The Hall–Kier alpha value is -1.50. The van der Waals surface area contributed by atoms with Crippen LogP contribution in [0.3, 0.4) is 0 Å². The third-order valence-corrected chi connectivity index (χ3v) is 4.06. The molecule has 1 aliphatic rings. The summed E-state index contributed by atoms with van der Waals surface area (Å²) < 4.78 is 5.26. The van der Waals surface area contributed by atoms with Gasteiger partial charge in [0.05, 0.1) is 28.9 Å². The van der Waals surface area contributed by atoms with Gasteiger partial charge in [-0.1, -0.05) is 23.2 Å². The van der Waals surface area contributed by atoms with Crippen molar-refractivity contribution in [1.29, 1.82) is 0 Å². The summed E-state index contributed by atoms with van der Waals surface area (Å²) in [6.45, 7) is 0.843. The number of nitrogens with two attached hydrogens (primary N) is 1. The molecule has 0 aliphatic carbocycles. The molecule has 1 fully saturated rings. The van der Waals surface area contributed by atoms with E-state index in [1.807, 2.05) is 0 Å². The Morgan fingerprint density at radius 3 is 2.76 bits per heavy atom. The number of anilines is 1. The van der Waals surface area contributed by atoms with E-state index in [4.69, 9.17) is 33.7 Å². The van der Waals surface area contributed by atoms with Gasteiger partial charge in [-0.3, -0.25) is 9.59 Å². The van der Waals surface area contributed by atoms with Gasteiger partial charge in [0.1, 0.15) is 6.04 Å². The fraction of sp³-hybridized carbons (Fsp3) is 0.385. The average molecular weight is 332 g/mol. The molecule has 2 amide bonds. The van der Waals surface area contributed by atoms with Gasteiger partial charge >= 0.3 is 0 Å². The van der Waals surface area contributed by atoms with Gasteiger partial charge in [0.25, 0.3) is 5.91 Å². The maximum atomic E-state index is 12.6. The Kier molecular flexibility index (Phi) is 4.92. The SMILES string of the molecule is CNC(=O)C1COCCN1C(=O)c1cc(N)c(Cl)c(Cl)c1. The highest BCUT2D eigenvalue weighted by Gasteiger charge is 2.33. The van der Waals surface area contributed by atoms with Gasteiger partial charge in [-0.2, -0.15) is 0 Å². The average Bonchev–Trinajstić information content (AvgIpc) is 2.50. The van der Waals surface area contributed by atoms with E-state index in [1.165, 1.54) is 24.1 Å². The second-order valence-corrected chi connectivity index (χ2v) is 5.35. The van der Waals surface area contributed by atoms with E-state index in [9.17, 15) is 9.59 Å². The van der Waals surface area contributed by atoms with Crippen molar-refractivity contribution in [3.63, 3.8) is 0 Å². The number of morpholine rings is 1. The van der Waals surface area contributed by atoms with Gasteiger partial charge < -0.3 is 20.7 Å². The lowest BCUT2D eigenvalue weighted by atomic mass is 10.1. The second-order valence-electron chi connectivity index (χ2n) is 4.56. The number of carbonyl (C=O) groups excluding carboxylic acids is 2. The highest BCUT2D eigenvalue weighted by atomic mass is 35.5. The first-order valence-corrected chi connectivity index (χ1v) is 7.06. The molecule has 0 saturated carbocycles. The number of ether oxygens (including phenoxy) is 1. The fourth-order valence-corrected chi connectivity index (χ4v) is 2.47. The van der Waals surface area contributed by atoms with E-state index in [0.29, 0.717) is 13.2 Å². The molecule has 0 bridgehead atoms. The van der Waals surface area contributed by atoms with Crippen LogP contribution >= 0.6 is 23.2 Å². The molecule has 1 atom stereocenters. The lowest BCUT2D eigenvalue weighted by Gasteiger charge is -2.34. The molecule has 1 aromatic carbocycles. The standard InChI is InChI=1S/C13H15Cl2N3O3/c1-17-12(19)10-6-21-3-2-18(10)13(20)7-4-8(14)11(15)9(16)5-7/h4-5,10H,2-3,6,16H2,1H3,(H,17,19).